The number of fused-ring (bicyclic) bond motifs is 2. The van der Waals surface area contributed by atoms with Gasteiger partial charge in [0.05, 0.1) is 12.1 Å². The zero-order chi connectivity index (χ0) is 24.9. The van der Waals surface area contributed by atoms with E-state index in [2.05, 4.69) is 56.4 Å². The molecule has 2 aromatic carbocycles. The van der Waals surface area contributed by atoms with Gasteiger partial charge in [-0.15, -0.1) is 0 Å². The zero-order valence-corrected chi connectivity index (χ0v) is 19.7. The molecular formula is C28H24N6O2. The van der Waals surface area contributed by atoms with Gasteiger partial charge in [0, 0.05) is 48.8 Å². The van der Waals surface area contributed by atoms with Crippen LogP contribution in [0.25, 0.3) is 16.6 Å². The highest BCUT2D eigenvalue weighted by Gasteiger charge is 2.12. The third kappa shape index (κ3) is 5.02. The van der Waals surface area contributed by atoms with Crippen LogP contribution in [0.5, 0.6) is 0 Å². The number of hydrogen-bond acceptors (Lipinski definition) is 6. The van der Waals surface area contributed by atoms with Crippen LogP contribution in [0, 0.1) is 11.8 Å². The molecule has 8 heteroatoms. The molecule has 1 amide bonds. The fraction of sp³-hybridized carbons (Fsp3) is 0.143. The minimum atomic E-state index is -0.350. The average Bonchev–Trinajstić information content (AvgIpc) is 3.37. The lowest BCUT2D eigenvalue weighted by molar-refractivity contribution is -0.113. The van der Waals surface area contributed by atoms with E-state index in [-0.39, 0.29) is 18.9 Å². The van der Waals surface area contributed by atoms with Crippen LogP contribution in [0.4, 0.5) is 17.2 Å². The van der Waals surface area contributed by atoms with Crippen molar-refractivity contribution in [3.05, 3.63) is 90.6 Å². The first-order valence-corrected chi connectivity index (χ1v) is 11.5. The summed E-state index contributed by atoms with van der Waals surface area (Å²) in [5.74, 6) is 5.49. The highest BCUT2D eigenvalue weighted by atomic mass is 16.2. The van der Waals surface area contributed by atoms with Crippen molar-refractivity contribution in [2.24, 2.45) is 0 Å². The van der Waals surface area contributed by atoms with Crippen molar-refractivity contribution in [3.8, 4) is 11.8 Å². The van der Waals surface area contributed by atoms with Gasteiger partial charge in [-0.25, -0.2) is 15.0 Å². The number of nitrogens with zero attached hydrogens (tertiary/aromatic N) is 5. The molecular weight excluding hydrogens is 452 g/mol. The first-order chi connectivity index (χ1) is 17.6. The van der Waals surface area contributed by atoms with Crippen molar-refractivity contribution in [2.75, 3.05) is 23.9 Å². The number of benzene rings is 2. The Bertz CT molecular complexity index is 1600. The molecule has 2 N–H and O–H groups in total. The molecule has 8 nitrogen and oxygen atoms in total. The van der Waals surface area contributed by atoms with Crippen LogP contribution in [-0.2, 0) is 11.2 Å². The Hall–Kier alpha value is -4.74. The lowest BCUT2D eigenvalue weighted by Crippen LogP contribution is -2.24. The second-order valence-corrected chi connectivity index (χ2v) is 8.29. The van der Waals surface area contributed by atoms with Gasteiger partial charge in [-0.05, 0) is 65.9 Å². The van der Waals surface area contributed by atoms with Gasteiger partial charge in [0.2, 0.25) is 0 Å². The number of nitrogens with one attached hydrogen (secondary N) is 1. The molecule has 0 unspecified atom stereocenters. The molecule has 0 radical (unpaired) electrons. The maximum Gasteiger partial charge on any atom is 0.302 e. The van der Waals surface area contributed by atoms with Crippen LogP contribution in [0.1, 0.15) is 17.5 Å². The van der Waals surface area contributed by atoms with E-state index in [1.807, 2.05) is 47.1 Å². The van der Waals surface area contributed by atoms with E-state index in [0.717, 1.165) is 28.7 Å². The van der Waals surface area contributed by atoms with Gasteiger partial charge in [0.15, 0.2) is 0 Å². The summed E-state index contributed by atoms with van der Waals surface area (Å²) in [5.41, 5.74) is 5.65. The quantitative estimate of drug-likeness (QED) is 0.360. The fourth-order valence-corrected chi connectivity index (χ4v) is 3.89. The smallest absolute Gasteiger partial charge is 0.302 e. The number of imidazole rings is 1. The van der Waals surface area contributed by atoms with Crippen molar-refractivity contribution in [2.45, 2.75) is 12.8 Å². The molecule has 36 heavy (non-hydrogen) atoms. The summed E-state index contributed by atoms with van der Waals surface area (Å²) in [7, 11) is 1.66. The normalized spacial score (nSPS) is 10.7. The molecule has 5 rings (SSSR count). The number of carbonyl (C=O) groups excluding carboxylic acids is 1. The molecule has 178 valence electrons. The van der Waals surface area contributed by atoms with Gasteiger partial charge >= 0.3 is 5.91 Å². The second-order valence-electron chi connectivity index (χ2n) is 8.29. The Labute approximate surface area is 208 Å². The van der Waals surface area contributed by atoms with Crippen molar-refractivity contribution < 1.29 is 9.90 Å². The topological polar surface area (TPSA) is 95.7 Å². The maximum absolute atomic E-state index is 12.4. The van der Waals surface area contributed by atoms with E-state index in [9.17, 15) is 4.79 Å². The summed E-state index contributed by atoms with van der Waals surface area (Å²) in [6, 6.07) is 17.9. The Morgan fingerprint density at radius 3 is 2.72 bits per heavy atom. The van der Waals surface area contributed by atoms with E-state index < -0.39 is 0 Å². The molecule has 3 heterocycles. The van der Waals surface area contributed by atoms with Gasteiger partial charge in [-0.1, -0.05) is 18.1 Å². The van der Waals surface area contributed by atoms with Gasteiger partial charge < -0.3 is 19.7 Å². The molecule has 0 aliphatic rings. The number of pyridine rings is 1. The molecule has 3 aromatic heterocycles. The van der Waals surface area contributed by atoms with Crippen molar-refractivity contribution in [3.63, 3.8) is 0 Å². The molecule has 0 saturated heterocycles. The van der Waals surface area contributed by atoms with E-state index in [1.165, 1.54) is 22.4 Å². The summed E-state index contributed by atoms with van der Waals surface area (Å²) < 4.78 is 1.99. The number of amides is 1. The number of aromatic nitrogens is 4. The van der Waals surface area contributed by atoms with Crippen LogP contribution in [0.15, 0.2) is 79.5 Å². The van der Waals surface area contributed by atoms with E-state index in [4.69, 9.17) is 5.11 Å². The lowest BCUT2D eigenvalue weighted by Gasteiger charge is -2.16. The number of anilines is 3. The van der Waals surface area contributed by atoms with E-state index >= 15 is 0 Å². The molecule has 0 fully saturated rings. The van der Waals surface area contributed by atoms with Gasteiger partial charge in [-0.2, -0.15) is 0 Å². The minimum absolute atomic E-state index is 0.0750. The van der Waals surface area contributed by atoms with Gasteiger partial charge in [0.1, 0.15) is 17.8 Å². The SMILES string of the molecule is CN(C(=O)C#CCCO)c1ccc2ncnc(Nc3ccc(Cc4ccn5ccnc5c4)cc3)c2c1. The standard InChI is InChI=1S/C28H24N6O2/c1-33(27(36)4-2-3-15-35)23-9-10-25-24(18-23)28(31-19-30-25)32-22-7-5-20(6-8-22)16-21-11-13-34-14-12-29-26(34)17-21/h5-14,17-19,35H,3,15-16H2,1H3,(H,30,31,32). The highest BCUT2D eigenvalue weighted by Crippen LogP contribution is 2.27. The third-order valence-corrected chi connectivity index (χ3v) is 5.83. The van der Waals surface area contributed by atoms with Crippen molar-refractivity contribution in [1.82, 2.24) is 19.4 Å². The number of aliphatic hydroxyl groups is 1. The summed E-state index contributed by atoms with van der Waals surface area (Å²) >= 11 is 0. The lowest BCUT2D eigenvalue weighted by atomic mass is 10.1. The summed E-state index contributed by atoms with van der Waals surface area (Å²) in [6.45, 7) is -0.0750. The van der Waals surface area contributed by atoms with Crippen LogP contribution in [-0.4, -0.2) is 44.0 Å². The predicted octanol–water partition coefficient (Wildman–Crippen LogP) is 3.96. The summed E-state index contributed by atoms with van der Waals surface area (Å²) in [4.78, 5) is 27.0. The third-order valence-electron chi connectivity index (χ3n) is 5.83. The van der Waals surface area contributed by atoms with Gasteiger partial charge in [-0.3, -0.25) is 4.79 Å². The van der Waals surface area contributed by atoms with E-state index in [1.54, 1.807) is 13.2 Å². The van der Waals surface area contributed by atoms with Crippen LogP contribution in [0.3, 0.4) is 0 Å². The molecule has 0 atom stereocenters. The Balaban J connectivity index is 1.34. The molecule has 0 spiro atoms. The van der Waals surface area contributed by atoms with Crippen molar-refractivity contribution in [1.29, 1.82) is 0 Å². The number of rotatable bonds is 6. The molecule has 5 aromatic rings. The summed E-state index contributed by atoms with van der Waals surface area (Å²) in [6.07, 6.45) is 8.34. The molecule has 0 aliphatic carbocycles. The minimum Gasteiger partial charge on any atom is -0.395 e. The fourth-order valence-electron chi connectivity index (χ4n) is 3.89. The molecule has 0 aliphatic heterocycles. The molecule has 0 saturated carbocycles. The van der Waals surface area contributed by atoms with Crippen LogP contribution < -0.4 is 10.2 Å². The Morgan fingerprint density at radius 1 is 1.03 bits per heavy atom. The first-order valence-electron chi connectivity index (χ1n) is 11.5. The van der Waals surface area contributed by atoms with Crippen LogP contribution in [0.2, 0.25) is 0 Å². The number of aliphatic hydroxyl groups excluding tert-OH is 1. The number of hydrogen-bond donors (Lipinski definition) is 2. The highest BCUT2D eigenvalue weighted by molar-refractivity contribution is 6.06. The average molecular weight is 477 g/mol. The Morgan fingerprint density at radius 2 is 1.89 bits per heavy atom. The van der Waals surface area contributed by atoms with E-state index in [0.29, 0.717) is 11.5 Å². The first kappa shape index (κ1) is 23.0. The predicted molar refractivity (Wildman–Crippen MR) is 140 cm³/mol. The van der Waals surface area contributed by atoms with Crippen molar-refractivity contribution >= 4 is 39.6 Å². The van der Waals surface area contributed by atoms with Crippen LogP contribution >= 0.6 is 0 Å². The Kier molecular flexibility index (Phi) is 6.56. The summed E-state index contributed by atoms with van der Waals surface area (Å²) in [5, 5.41) is 13.0. The zero-order valence-electron chi connectivity index (χ0n) is 19.7. The largest absolute Gasteiger partial charge is 0.395 e. The second kappa shape index (κ2) is 10.3. The monoisotopic (exact) mass is 476 g/mol. The molecule has 0 bridgehead atoms. The number of carbonyl (C=O) groups is 1. The van der Waals surface area contributed by atoms with Gasteiger partial charge in [0.25, 0.3) is 0 Å². The maximum atomic E-state index is 12.4.